The van der Waals surface area contributed by atoms with Crippen LogP contribution < -0.4 is 11.6 Å². The summed E-state index contributed by atoms with van der Waals surface area (Å²) < 4.78 is 4.94. The number of hydrogen-bond donors (Lipinski definition) is 2. The number of esters is 1. The zero-order chi connectivity index (χ0) is 11.4. The molecule has 0 aromatic carbocycles. The quantitative estimate of drug-likeness (QED) is 0.527. The van der Waals surface area contributed by atoms with Gasteiger partial charge in [-0.25, -0.2) is 4.79 Å². The molecule has 0 aromatic rings. The summed E-state index contributed by atoms with van der Waals surface area (Å²) in [6, 6.07) is -1.07. The molecule has 15 heavy (non-hydrogen) atoms. The number of rotatable bonds is 3. The fraction of sp³-hybridized carbons (Fsp3) is 0.750. The van der Waals surface area contributed by atoms with Gasteiger partial charge in [-0.3, -0.25) is 4.79 Å². The van der Waals surface area contributed by atoms with Crippen molar-refractivity contribution in [3.63, 3.8) is 0 Å². The first-order valence-corrected chi connectivity index (χ1v) is 4.14. The van der Waals surface area contributed by atoms with Gasteiger partial charge in [0.25, 0.3) is 0 Å². The maximum atomic E-state index is 11.1. The van der Waals surface area contributed by atoms with Crippen molar-refractivity contribution in [2.45, 2.75) is 38.8 Å². The third kappa shape index (κ3) is 8.17. The molecule has 0 radical (unpaired) electrons. The van der Waals surface area contributed by atoms with E-state index in [4.69, 9.17) is 10.5 Å². The Morgan fingerprint density at radius 3 is 2.13 bits per heavy atom. The molecule has 0 saturated heterocycles. The monoisotopic (exact) mass is 240 g/mol. The van der Waals surface area contributed by atoms with Crippen molar-refractivity contribution in [2.75, 3.05) is 0 Å². The Labute approximate surface area is 94.6 Å². The first kappa shape index (κ1) is 16.6. The summed E-state index contributed by atoms with van der Waals surface area (Å²) in [5.41, 5.74) is 4.70. The molecule has 0 spiro atoms. The number of carbonyl (C=O) groups excluding carboxylic acids is 2. The molecule has 0 aliphatic rings. The van der Waals surface area contributed by atoms with Crippen LogP contribution in [0.3, 0.4) is 0 Å². The fourth-order valence-corrected chi connectivity index (χ4v) is 0.733. The van der Waals surface area contributed by atoms with Gasteiger partial charge in [-0.05, 0) is 20.8 Å². The molecule has 4 N–H and O–H groups in total. The summed E-state index contributed by atoms with van der Waals surface area (Å²) >= 11 is 0. The lowest BCUT2D eigenvalue weighted by Crippen LogP contribution is -2.37. The fourth-order valence-electron chi connectivity index (χ4n) is 0.733. The van der Waals surface area contributed by atoms with Gasteiger partial charge in [0.1, 0.15) is 11.6 Å². The zero-order valence-corrected chi connectivity index (χ0v) is 9.80. The van der Waals surface area contributed by atoms with Crippen LogP contribution in [0, 0.1) is 0 Å². The van der Waals surface area contributed by atoms with Crippen molar-refractivity contribution in [2.24, 2.45) is 11.6 Å². The van der Waals surface area contributed by atoms with Crippen LogP contribution in [0.15, 0.2) is 0 Å². The third-order valence-electron chi connectivity index (χ3n) is 1.23. The van der Waals surface area contributed by atoms with Gasteiger partial charge < -0.3 is 15.3 Å². The minimum Gasteiger partial charge on any atom is -0.460 e. The number of halogens is 1. The van der Waals surface area contributed by atoms with Crippen molar-refractivity contribution in [1.82, 2.24) is 0 Å². The van der Waals surface area contributed by atoms with Crippen LogP contribution >= 0.6 is 12.4 Å². The van der Waals surface area contributed by atoms with E-state index in [2.05, 4.69) is 10.7 Å². The number of carbonyl (C=O) groups is 2. The molecule has 0 rings (SSSR count). The van der Waals surface area contributed by atoms with Crippen LogP contribution in [0.5, 0.6) is 0 Å². The molecule has 1 atom stereocenters. The van der Waals surface area contributed by atoms with Crippen molar-refractivity contribution in [3.05, 3.63) is 0 Å². The van der Waals surface area contributed by atoms with E-state index in [1.165, 1.54) is 0 Å². The average Bonchev–Trinajstić information content (AvgIpc) is 1.99. The minimum atomic E-state index is -1.07. The molecule has 7 heteroatoms. The van der Waals surface area contributed by atoms with E-state index in [1.54, 1.807) is 20.8 Å². The van der Waals surface area contributed by atoms with Gasteiger partial charge in [-0.2, -0.15) is 5.90 Å². The van der Waals surface area contributed by atoms with E-state index in [0.29, 0.717) is 0 Å². The van der Waals surface area contributed by atoms with Crippen molar-refractivity contribution in [3.8, 4) is 0 Å². The third-order valence-corrected chi connectivity index (χ3v) is 1.23. The van der Waals surface area contributed by atoms with Gasteiger partial charge in [0.15, 0.2) is 0 Å². The summed E-state index contributed by atoms with van der Waals surface area (Å²) in [5, 5.41) is 0. The first-order chi connectivity index (χ1) is 6.26. The lowest BCUT2D eigenvalue weighted by atomic mass is 10.2. The van der Waals surface area contributed by atoms with Crippen molar-refractivity contribution in [1.29, 1.82) is 0 Å². The highest BCUT2D eigenvalue weighted by Crippen LogP contribution is 2.08. The largest absolute Gasteiger partial charge is 0.460 e. The highest BCUT2D eigenvalue weighted by Gasteiger charge is 2.23. The lowest BCUT2D eigenvalue weighted by Gasteiger charge is -2.20. The van der Waals surface area contributed by atoms with E-state index < -0.39 is 23.6 Å². The minimum absolute atomic E-state index is 0. The lowest BCUT2D eigenvalue weighted by molar-refractivity contribution is -0.159. The maximum absolute atomic E-state index is 11.1. The average molecular weight is 241 g/mol. The maximum Gasteiger partial charge on any atom is 0.341 e. The number of nitrogens with two attached hydrogens (primary N) is 2. The zero-order valence-electron chi connectivity index (χ0n) is 8.98. The van der Waals surface area contributed by atoms with Gasteiger partial charge in [0.05, 0.1) is 6.42 Å². The number of ether oxygens (including phenoxy) is 1. The van der Waals surface area contributed by atoms with Crippen LogP contribution in [0.25, 0.3) is 0 Å². The standard InChI is InChI=1S/C8H16N2O4.ClH/c1-8(2,3)13-6(11)4-5(9)7(12)14-10;/h5H,4,9-10H2,1-3H3;1H/t5-;/m1./s1. The van der Waals surface area contributed by atoms with E-state index >= 15 is 0 Å². The van der Waals surface area contributed by atoms with Crippen molar-refractivity contribution >= 4 is 24.3 Å². The Balaban J connectivity index is 0. The topological polar surface area (TPSA) is 105 Å². The van der Waals surface area contributed by atoms with E-state index in [-0.39, 0.29) is 18.8 Å². The summed E-state index contributed by atoms with van der Waals surface area (Å²) in [5.74, 6) is 3.20. The second-order valence-corrected chi connectivity index (χ2v) is 3.83. The molecule has 0 aromatic heterocycles. The van der Waals surface area contributed by atoms with E-state index in [0.717, 1.165) is 0 Å². The van der Waals surface area contributed by atoms with E-state index in [9.17, 15) is 9.59 Å². The summed E-state index contributed by atoms with van der Waals surface area (Å²) in [6.45, 7) is 5.16. The SMILES string of the molecule is CC(C)(C)OC(=O)C[C@@H](N)C(=O)ON.Cl. The second kappa shape index (κ2) is 6.60. The predicted octanol–water partition coefficient (Wildman–Crippen LogP) is -0.116. The smallest absolute Gasteiger partial charge is 0.341 e. The molecule has 0 unspecified atom stereocenters. The molecule has 90 valence electrons. The van der Waals surface area contributed by atoms with Gasteiger partial charge in [0, 0.05) is 0 Å². The first-order valence-electron chi connectivity index (χ1n) is 4.14. The van der Waals surface area contributed by atoms with Crippen LogP contribution in [0.2, 0.25) is 0 Å². The van der Waals surface area contributed by atoms with Crippen LogP contribution in [0.4, 0.5) is 0 Å². The van der Waals surface area contributed by atoms with Gasteiger partial charge >= 0.3 is 11.9 Å². The Morgan fingerprint density at radius 1 is 1.33 bits per heavy atom. The Kier molecular flexibility index (Phi) is 7.29. The molecule has 0 heterocycles. The number of hydrogen-bond acceptors (Lipinski definition) is 6. The Morgan fingerprint density at radius 2 is 1.80 bits per heavy atom. The normalized spacial score (nSPS) is 12.3. The van der Waals surface area contributed by atoms with Crippen LogP contribution in [-0.4, -0.2) is 23.6 Å². The predicted molar refractivity (Wildman–Crippen MR) is 56.0 cm³/mol. The highest BCUT2D eigenvalue weighted by molar-refractivity contribution is 5.85. The van der Waals surface area contributed by atoms with Crippen molar-refractivity contribution < 1.29 is 19.2 Å². The molecule has 0 aliphatic heterocycles. The van der Waals surface area contributed by atoms with Gasteiger partial charge in [0.2, 0.25) is 0 Å². The van der Waals surface area contributed by atoms with Gasteiger partial charge in [-0.1, -0.05) is 0 Å². The molecular weight excluding hydrogens is 224 g/mol. The molecule has 0 aliphatic carbocycles. The van der Waals surface area contributed by atoms with E-state index in [1.807, 2.05) is 0 Å². The highest BCUT2D eigenvalue weighted by atomic mass is 35.5. The second-order valence-electron chi connectivity index (χ2n) is 3.83. The molecule has 6 nitrogen and oxygen atoms in total. The van der Waals surface area contributed by atoms with Crippen LogP contribution in [0.1, 0.15) is 27.2 Å². The molecular formula is C8H17ClN2O4. The molecule has 0 fully saturated rings. The molecule has 0 amide bonds. The molecule has 0 saturated carbocycles. The molecule has 0 bridgehead atoms. The summed E-state index contributed by atoms with van der Waals surface area (Å²) in [4.78, 5) is 25.7. The summed E-state index contributed by atoms with van der Waals surface area (Å²) in [7, 11) is 0. The van der Waals surface area contributed by atoms with Crippen LogP contribution in [-0.2, 0) is 19.2 Å². The Hall–Kier alpha value is -0.850. The summed E-state index contributed by atoms with van der Waals surface area (Å²) in [6.07, 6.45) is -0.243. The Bertz CT molecular complexity index is 227. The van der Waals surface area contributed by atoms with Gasteiger partial charge in [-0.15, -0.1) is 12.4 Å².